The van der Waals surface area contributed by atoms with Crippen molar-refractivity contribution in [3.05, 3.63) is 29.9 Å². The maximum absolute atomic E-state index is 7.94. The second kappa shape index (κ2) is 3.63. The number of anilines is 1. The Labute approximate surface area is 93.5 Å². The summed E-state index contributed by atoms with van der Waals surface area (Å²) in [4.78, 5) is 4.32. The van der Waals surface area contributed by atoms with E-state index in [0.717, 1.165) is 42.7 Å². The van der Waals surface area contributed by atoms with E-state index in [1.165, 1.54) is 0 Å². The summed E-state index contributed by atoms with van der Waals surface area (Å²) >= 11 is 0. The van der Waals surface area contributed by atoms with Crippen LogP contribution in [0, 0.1) is 5.41 Å². The van der Waals surface area contributed by atoms with Gasteiger partial charge in [-0.3, -0.25) is 9.98 Å². The molecule has 2 aromatic rings. The minimum atomic E-state index is 0.350. The van der Waals surface area contributed by atoms with Crippen molar-refractivity contribution in [3.63, 3.8) is 0 Å². The van der Waals surface area contributed by atoms with E-state index in [2.05, 4.69) is 16.4 Å². The molecule has 0 saturated carbocycles. The average molecular weight is 214 g/mol. The monoisotopic (exact) mass is 214 g/mol. The highest BCUT2D eigenvalue weighted by atomic mass is 15.2. The Morgan fingerprint density at radius 3 is 3.06 bits per heavy atom. The number of para-hydroxylation sites is 1. The van der Waals surface area contributed by atoms with Gasteiger partial charge in [0.15, 0.2) is 0 Å². The predicted molar refractivity (Wildman–Crippen MR) is 63.3 cm³/mol. The molecule has 2 N–H and O–H groups in total. The largest absolute Gasteiger partial charge is 0.371 e. The van der Waals surface area contributed by atoms with Crippen molar-refractivity contribution < 1.29 is 0 Å². The molecule has 0 aliphatic carbocycles. The molecule has 1 aliphatic heterocycles. The minimum absolute atomic E-state index is 0.350. The van der Waals surface area contributed by atoms with Gasteiger partial charge in [-0.15, -0.1) is 0 Å². The zero-order chi connectivity index (χ0) is 11.0. The third kappa shape index (κ3) is 1.38. The first-order chi connectivity index (χ1) is 7.86. The number of hydrogen-bond donors (Lipinski definition) is 2. The van der Waals surface area contributed by atoms with E-state index >= 15 is 0 Å². The number of nitrogens with one attached hydrogen (secondary N) is 2. The minimum Gasteiger partial charge on any atom is -0.371 e. The molecule has 82 valence electrons. The van der Waals surface area contributed by atoms with Gasteiger partial charge in [0, 0.05) is 18.5 Å². The Morgan fingerprint density at radius 2 is 2.12 bits per heavy atom. The molecule has 0 amide bonds. The molecule has 0 spiro atoms. The Bertz CT molecular complexity index is 585. The van der Waals surface area contributed by atoms with Gasteiger partial charge in [-0.1, -0.05) is 12.1 Å². The number of hydrogen-bond acceptors (Lipinski definition) is 3. The molecule has 3 rings (SSSR count). The van der Waals surface area contributed by atoms with Crippen molar-refractivity contribution in [2.75, 3.05) is 11.9 Å². The Kier molecular flexibility index (Phi) is 2.13. The van der Waals surface area contributed by atoms with E-state index in [0.29, 0.717) is 5.62 Å². The van der Waals surface area contributed by atoms with Crippen LogP contribution < -0.4 is 10.9 Å². The van der Waals surface area contributed by atoms with Gasteiger partial charge in [-0.25, -0.2) is 4.98 Å². The summed E-state index contributed by atoms with van der Waals surface area (Å²) < 4.78 is 1.97. The maximum atomic E-state index is 7.94. The van der Waals surface area contributed by atoms with Gasteiger partial charge >= 0.3 is 0 Å². The van der Waals surface area contributed by atoms with Gasteiger partial charge in [0.25, 0.3) is 0 Å². The topological polar surface area (TPSA) is 53.7 Å². The van der Waals surface area contributed by atoms with Crippen LogP contribution in [0.25, 0.3) is 10.9 Å². The van der Waals surface area contributed by atoms with E-state index < -0.39 is 0 Å². The third-order valence-corrected chi connectivity index (χ3v) is 3.01. The smallest absolute Gasteiger partial charge is 0.224 e. The lowest BCUT2D eigenvalue weighted by molar-refractivity contribution is 0.612. The number of benzene rings is 1. The van der Waals surface area contributed by atoms with Crippen molar-refractivity contribution in [1.29, 1.82) is 5.41 Å². The van der Waals surface area contributed by atoms with Gasteiger partial charge in [0.1, 0.15) is 5.82 Å². The molecule has 0 bridgehead atoms. The molecule has 1 aromatic carbocycles. The molecule has 0 radical (unpaired) electrons. The third-order valence-electron chi connectivity index (χ3n) is 3.01. The van der Waals surface area contributed by atoms with Crippen molar-refractivity contribution in [3.8, 4) is 0 Å². The standard InChI is InChI=1S/C12H14N4/c13-12-15-10-6-2-1-5-9(10)11-14-7-3-4-8-16(11)12/h1-2,5-6,13-14H,3-4,7-8H2. The van der Waals surface area contributed by atoms with Crippen LogP contribution in [0.5, 0.6) is 0 Å². The number of rotatable bonds is 0. The summed E-state index contributed by atoms with van der Waals surface area (Å²) in [6.45, 7) is 1.87. The molecule has 0 saturated heterocycles. The molecular weight excluding hydrogens is 200 g/mol. The van der Waals surface area contributed by atoms with E-state index in [4.69, 9.17) is 5.41 Å². The molecule has 0 unspecified atom stereocenters. The summed E-state index contributed by atoms with van der Waals surface area (Å²) in [7, 11) is 0. The summed E-state index contributed by atoms with van der Waals surface area (Å²) in [6, 6.07) is 8.00. The van der Waals surface area contributed by atoms with Crippen LogP contribution in [0.2, 0.25) is 0 Å². The SMILES string of the molecule is N=c1nc2ccccc2c2n1CCCCN2. The number of aromatic nitrogens is 2. The van der Waals surface area contributed by atoms with Crippen LogP contribution in [0.15, 0.2) is 24.3 Å². The highest BCUT2D eigenvalue weighted by Gasteiger charge is 2.11. The summed E-state index contributed by atoms with van der Waals surface area (Å²) in [5.74, 6) is 1.05. The molecule has 4 heteroatoms. The highest BCUT2D eigenvalue weighted by Crippen LogP contribution is 2.21. The first-order valence-electron chi connectivity index (χ1n) is 5.64. The molecule has 2 heterocycles. The summed E-state index contributed by atoms with van der Waals surface area (Å²) in [6.07, 6.45) is 2.26. The fraction of sp³-hybridized carbons (Fsp3) is 0.333. The fourth-order valence-electron chi connectivity index (χ4n) is 2.21. The Morgan fingerprint density at radius 1 is 1.25 bits per heavy atom. The summed E-state index contributed by atoms with van der Waals surface area (Å²) in [5, 5.41) is 12.5. The lowest BCUT2D eigenvalue weighted by Crippen LogP contribution is -2.24. The van der Waals surface area contributed by atoms with Gasteiger partial charge in [-0.2, -0.15) is 0 Å². The van der Waals surface area contributed by atoms with Crippen LogP contribution in [0.3, 0.4) is 0 Å². The van der Waals surface area contributed by atoms with Crippen LogP contribution in [0.4, 0.5) is 5.82 Å². The first kappa shape index (κ1) is 9.39. The lowest BCUT2D eigenvalue weighted by Gasteiger charge is -2.13. The molecule has 4 nitrogen and oxygen atoms in total. The highest BCUT2D eigenvalue weighted by molar-refractivity contribution is 5.89. The van der Waals surface area contributed by atoms with Crippen molar-refractivity contribution in [2.24, 2.45) is 0 Å². The zero-order valence-electron chi connectivity index (χ0n) is 9.03. The van der Waals surface area contributed by atoms with Crippen molar-refractivity contribution >= 4 is 16.7 Å². The van der Waals surface area contributed by atoms with Gasteiger partial charge in [-0.05, 0) is 25.0 Å². The molecular formula is C12H14N4. The predicted octanol–water partition coefficient (Wildman–Crippen LogP) is 1.72. The van der Waals surface area contributed by atoms with E-state index in [-0.39, 0.29) is 0 Å². The lowest BCUT2D eigenvalue weighted by atomic mass is 10.2. The van der Waals surface area contributed by atoms with Crippen LogP contribution in [-0.2, 0) is 6.54 Å². The summed E-state index contributed by atoms with van der Waals surface area (Å²) in [5.41, 5.74) is 1.25. The second-order valence-corrected chi connectivity index (χ2v) is 4.09. The Balaban J connectivity index is 2.37. The normalized spacial score (nSPS) is 15.2. The zero-order valence-corrected chi connectivity index (χ0v) is 9.03. The molecule has 1 aromatic heterocycles. The van der Waals surface area contributed by atoms with E-state index in [1.807, 2.05) is 22.8 Å². The molecule has 16 heavy (non-hydrogen) atoms. The Hall–Kier alpha value is -1.84. The maximum Gasteiger partial charge on any atom is 0.224 e. The van der Waals surface area contributed by atoms with Gasteiger partial charge < -0.3 is 5.32 Å². The van der Waals surface area contributed by atoms with Crippen molar-refractivity contribution in [1.82, 2.24) is 9.55 Å². The van der Waals surface area contributed by atoms with Gasteiger partial charge in [0.05, 0.1) is 5.52 Å². The number of fused-ring (bicyclic) bond motifs is 3. The second-order valence-electron chi connectivity index (χ2n) is 4.09. The number of nitrogens with zero attached hydrogens (tertiary/aromatic N) is 2. The van der Waals surface area contributed by atoms with Crippen molar-refractivity contribution in [2.45, 2.75) is 19.4 Å². The fourth-order valence-corrected chi connectivity index (χ4v) is 2.21. The molecule has 1 aliphatic rings. The van der Waals surface area contributed by atoms with Crippen LogP contribution >= 0.6 is 0 Å². The van der Waals surface area contributed by atoms with E-state index in [1.54, 1.807) is 0 Å². The molecule has 0 atom stereocenters. The first-order valence-corrected chi connectivity index (χ1v) is 5.64. The quantitative estimate of drug-likeness (QED) is 0.701. The molecule has 0 fully saturated rings. The average Bonchev–Trinajstić information content (AvgIpc) is 2.55. The van der Waals surface area contributed by atoms with Crippen LogP contribution in [0.1, 0.15) is 12.8 Å². The van der Waals surface area contributed by atoms with Gasteiger partial charge in [0.2, 0.25) is 5.62 Å². The van der Waals surface area contributed by atoms with E-state index in [9.17, 15) is 0 Å². The van der Waals surface area contributed by atoms with Crippen LogP contribution in [-0.4, -0.2) is 16.1 Å².